The molecule has 0 aromatic heterocycles. The lowest BCUT2D eigenvalue weighted by atomic mass is 10.2. The molecule has 150 valence electrons. The van der Waals surface area contributed by atoms with Crippen molar-refractivity contribution >= 4 is 46.2 Å². The van der Waals surface area contributed by atoms with Gasteiger partial charge in [0.1, 0.15) is 12.4 Å². The number of hydrogen-bond acceptors (Lipinski definition) is 4. The van der Waals surface area contributed by atoms with Crippen LogP contribution in [-0.4, -0.2) is 11.1 Å². The molecule has 0 bridgehead atoms. The normalized spacial score (nSPS) is 16.1. The highest BCUT2D eigenvalue weighted by molar-refractivity contribution is 8.18. The average molecular weight is 435 g/mol. The summed E-state index contributed by atoms with van der Waals surface area (Å²) in [5.41, 5.74) is 3.69. The van der Waals surface area contributed by atoms with Gasteiger partial charge in [0.2, 0.25) is 0 Å². The van der Waals surface area contributed by atoms with Crippen LogP contribution in [0.25, 0.3) is 6.08 Å². The number of nitrogens with zero attached hydrogens (tertiary/aromatic N) is 1. The molecule has 1 heterocycles. The van der Waals surface area contributed by atoms with Crippen LogP contribution in [-0.2, 0) is 11.4 Å². The second kappa shape index (κ2) is 9.20. The van der Waals surface area contributed by atoms with E-state index in [1.807, 2.05) is 85.8 Å². The van der Waals surface area contributed by atoms with Crippen molar-refractivity contribution in [2.75, 3.05) is 0 Å². The first-order chi connectivity index (χ1) is 14.6. The Labute approximate surface area is 184 Å². The van der Waals surface area contributed by atoms with Gasteiger partial charge < -0.3 is 10.1 Å². The number of carbonyl (C=O) groups excluding carboxylic acids is 1. The Morgan fingerprint density at radius 1 is 1.03 bits per heavy atom. The van der Waals surface area contributed by atoms with Gasteiger partial charge in [0.15, 0.2) is 5.17 Å². The zero-order chi connectivity index (χ0) is 20.9. The fourth-order valence-electron chi connectivity index (χ4n) is 2.86. The molecular formula is C24H19ClN2O2S. The quantitative estimate of drug-likeness (QED) is 0.492. The molecule has 0 saturated carbocycles. The Morgan fingerprint density at radius 3 is 2.57 bits per heavy atom. The summed E-state index contributed by atoms with van der Waals surface area (Å²) in [6.45, 7) is 2.37. The summed E-state index contributed by atoms with van der Waals surface area (Å²) in [5.74, 6) is 0.508. The van der Waals surface area contributed by atoms with Crippen LogP contribution < -0.4 is 10.1 Å². The minimum absolute atomic E-state index is 0.174. The summed E-state index contributed by atoms with van der Waals surface area (Å²) in [4.78, 5) is 17.5. The van der Waals surface area contributed by atoms with E-state index in [0.717, 1.165) is 22.4 Å². The summed E-state index contributed by atoms with van der Waals surface area (Å²) >= 11 is 7.53. The summed E-state index contributed by atoms with van der Waals surface area (Å²) in [6, 6.07) is 23.0. The maximum absolute atomic E-state index is 12.4. The van der Waals surface area contributed by atoms with Crippen molar-refractivity contribution in [1.29, 1.82) is 0 Å². The monoisotopic (exact) mass is 434 g/mol. The second-order valence-corrected chi connectivity index (χ2v) is 8.17. The van der Waals surface area contributed by atoms with Gasteiger partial charge in [0.05, 0.1) is 10.6 Å². The van der Waals surface area contributed by atoms with Crippen LogP contribution in [0.3, 0.4) is 0 Å². The summed E-state index contributed by atoms with van der Waals surface area (Å²) in [6.07, 6.45) is 1.82. The van der Waals surface area contributed by atoms with Crippen molar-refractivity contribution in [3.8, 4) is 5.75 Å². The average Bonchev–Trinajstić information content (AvgIpc) is 3.09. The smallest absolute Gasteiger partial charge is 0.264 e. The van der Waals surface area contributed by atoms with E-state index in [1.165, 1.54) is 11.8 Å². The van der Waals surface area contributed by atoms with Crippen molar-refractivity contribution < 1.29 is 9.53 Å². The van der Waals surface area contributed by atoms with Gasteiger partial charge in [-0.3, -0.25) is 4.79 Å². The van der Waals surface area contributed by atoms with Crippen molar-refractivity contribution in [2.24, 2.45) is 4.99 Å². The maximum atomic E-state index is 12.4. The van der Waals surface area contributed by atoms with Crippen LogP contribution in [0.15, 0.2) is 82.7 Å². The Kier molecular flexibility index (Phi) is 6.21. The van der Waals surface area contributed by atoms with Gasteiger partial charge in [0, 0.05) is 16.1 Å². The van der Waals surface area contributed by atoms with E-state index < -0.39 is 0 Å². The largest absolute Gasteiger partial charge is 0.488 e. The fourth-order valence-corrected chi connectivity index (χ4v) is 3.88. The summed E-state index contributed by atoms with van der Waals surface area (Å²) in [5, 5.41) is 4.04. The number of nitrogens with one attached hydrogen (secondary N) is 1. The Balaban J connectivity index is 1.52. The number of amidine groups is 1. The molecule has 0 spiro atoms. The minimum atomic E-state index is -0.174. The van der Waals surface area contributed by atoms with E-state index in [9.17, 15) is 4.79 Å². The molecule has 0 unspecified atom stereocenters. The number of rotatable bonds is 5. The zero-order valence-electron chi connectivity index (χ0n) is 16.3. The lowest BCUT2D eigenvalue weighted by Crippen LogP contribution is -2.19. The highest BCUT2D eigenvalue weighted by Crippen LogP contribution is 2.31. The van der Waals surface area contributed by atoms with E-state index in [1.54, 1.807) is 0 Å². The first-order valence-electron chi connectivity index (χ1n) is 9.40. The molecule has 6 heteroatoms. The van der Waals surface area contributed by atoms with E-state index >= 15 is 0 Å². The van der Waals surface area contributed by atoms with Gasteiger partial charge in [0.25, 0.3) is 5.91 Å². The van der Waals surface area contributed by atoms with Crippen LogP contribution in [0.1, 0.15) is 16.7 Å². The van der Waals surface area contributed by atoms with Gasteiger partial charge in [-0.2, -0.15) is 0 Å². The summed E-state index contributed by atoms with van der Waals surface area (Å²) in [7, 11) is 0. The van der Waals surface area contributed by atoms with Crippen LogP contribution in [0.2, 0.25) is 5.02 Å². The van der Waals surface area contributed by atoms with E-state index in [4.69, 9.17) is 16.3 Å². The standard InChI is InChI=1S/C24H19ClN2O2S/c1-16-10-12-19(13-11-16)26-24-27-23(28)22(30-24)14-17-6-3-5-9-21(17)29-15-18-7-2-4-8-20(18)25/h2-14H,15H2,1H3,(H,26,27,28). The lowest BCUT2D eigenvalue weighted by molar-refractivity contribution is -0.115. The third-order valence-electron chi connectivity index (χ3n) is 4.46. The molecule has 1 aliphatic rings. The summed E-state index contributed by atoms with van der Waals surface area (Å²) < 4.78 is 5.98. The molecule has 0 aliphatic carbocycles. The van der Waals surface area contributed by atoms with Crippen LogP contribution in [0.5, 0.6) is 5.75 Å². The number of aryl methyl sites for hydroxylation is 1. The number of carbonyl (C=O) groups is 1. The van der Waals surface area contributed by atoms with Gasteiger partial charge in [-0.1, -0.05) is 65.7 Å². The molecule has 4 nitrogen and oxygen atoms in total. The molecule has 1 fully saturated rings. The number of para-hydroxylation sites is 1. The lowest BCUT2D eigenvalue weighted by Gasteiger charge is -2.10. The molecule has 0 atom stereocenters. The van der Waals surface area contributed by atoms with E-state index in [2.05, 4.69) is 10.3 Å². The van der Waals surface area contributed by atoms with Gasteiger partial charge in [-0.05, 0) is 49.0 Å². The molecule has 3 aromatic carbocycles. The molecular weight excluding hydrogens is 416 g/mol. The van der Waals surface area contributed by atoms with Crippen molar-refractivity contribution in [3.63, 3.8) is 0 Å². The Bertz CT molecular complexity index is 1140. The number of halogens is 1. The number of ether oxygens (including phenoxy) is 1. The Morgan fingerprint density at radius 2 is 1.77 bits per heavy atom. The third-order valence-corrected chi connectivity index (χ3v) is 5.74. The van der Waals surface area contributed by atoms with Crippen molar-refractivity contribution in [1.82, 2.24) is 5.32 Å². The minimum Gasteiger partial charge on any atom is -0.488 e. The fraction of sp³-hybridized carbons (Fsp3) is 0.0833. The Hall–Kier alpha value is -3.02. The SMILES string of the molecule is Cc1ccc(N=C2NC(=O)C(=Cc3ccccc3OCc3ccccc3Cl)S2)cc1. The predicted octanol–water partition coefficient (Wildman–Crippen LogP) is 6.12. The molecule has 1 N–H and O–H groups in total. The van der Waals surface area contributed by atoms with Gasteiger partial charge >= 0.3 is 0 Å². The van der Waals surface area contributed by atoms with E-state index in [0.29, 0.717) is 27.5 Å². The maximum Gasteiger partial charge on any atom is 0.264 e. The molecule has 30 heavy (non-hydrogen) atoms. The molecule has 1 saturated heterocycles. The third kappa shape index (κ3) is 4.93. The first-order valence-corrected chi connectivity index (χ1v) is 10.6. The van der Waals surface area contributed by atoms with Crippen LogP contribution >= 0.6 is 23.4 Å². The molecule has 0 radical (unpaired) electrons. The first kappa shape index (κ1) is 20.3. The predicted molar refractivity (Wildman–Crippen MR) is 124 cm³/mol. The van der Waals surface area contributed by atoms with Crippen LogP contribution in [0, 0.1) is 6.92 Å². The van der Waals surface area contributed by atoms with Crippen molar-refractivity contribution in [2.45, 2.75) is 13.5 Å². The van der Waals surface area contributed by atoms with Gasteiger partial charge in [-0.25, -0.2) is 4.99 Å². The van der Waals surface area contributed by atoms with E-state index in [-0.39, 0.29) is 5.91 Å². The number of amides is 1. The second-order valence-electron chi connectivity index (χ2n) is 6.74. The number of hydrogen-bond donors (Lipinski definition) is 1. The topological polar surface area (TPSA) is 50.7 Å². The van der Waals surface area contributed by atoms with Crippen molar-refractivity contribution in [3.05, 3.63) is 99.4 Å². The molecule has 1 aliphatic heterocycles. The molecule has 4 rings (SSSR count). The zero-order valence-corrected chi connectivity index (χ0v) is 17.8. The number of aliphatic imine (C=N–C) groups is 1. The van der Waals surface area contributed by atoms with Crippen LogP contribution in [0.4, 0.5) is 5.69 Å². The number of thioether (sulfide) groups is 1. The van der Waals surface area contributed by atoms with Gasteiger partial charge in [-0.15, -0.1) is 0 Å². The number of benzene rings is 3. The highest BCUT2D eigenvalue weighted by Gasteiger charge is 2.24. The molecule has 3 aromatic rings. The molecule has 1 amide bonds. The highest BCUT2D eigenvalue weighted by atomic mass is 35.5.